The third kappa shape index (κ3) is 2.73. The topological polar surface area (TPSA) is 17.8 Å². The Morgan fingerprint density at radius 1 is 1.40 bits per heavy atom. The Bertz CT molecular complexity index is 622. The van der Waals surface area contributed by atoms with Gasteiger partial charge in [0.05, 0.1) is 15.5 Å². The first-order valence-electron chi connectivity index (χ1n) is 7.09. The number of halogens is 3. The number of alkyl halides is 1. The van der Waals surface area contributed by atoms with Gasteiger partial charge in [0.25, 0.3) is 0 Å². The maximum absolute atomic E-state index is 13.8. The van der Waals surface area contributed by atoms with Crippen molar-refractivity contribution in [1.29, 1.82) is 0 Å². The molecule has 1 saturated carbocycles. The molecule has 1 aliphatic rings. The summed E-state index contributed by atoms with van der Waals surface area (Å²) in [6, 6.07) is 3.33. The average Bonchev–Trinajstić information content (AvgIpc) is 2.67. The number of nitrogens with zero attached hydrogens (tertiary/aromatic N) is 2. The van der Waals surface area contributed by atoms with Crippen LogP contribution in [0.15, 0.2) is 16.6 Å². The number of aryl methyl sites for hydroxylation is 2. The van der Waals surface area contributed by atoms with Crippen molar-refractivity contribution >= 4 is 38.6 Å². The highest BCUT2D eigenvalue weighted by atomic mass is 79.9. The van der Waals surface area contributed by atoms with E-state index in [-0.39, 0.29) is 5.82 Å². The largest absolute Gasteiger partial charge is 0.328 e. The smallest absolute Gasteiger partial charge is 0.139 e. The highest BCUT2D eigenvalue weighted by Gasteiger charge is 2.19. The lowest BCUT2D eigenvalue weighted by Gasteiger charge is -2.25. The lowest BCUT2D eigenvalue weighted by Crippen LogP contribution is -2.15. The van der Waals surface area contributed by atoms with Gasteiger partial charge in [0.2, 0.25) is 0 Å². The molecule has 2 nitrogen and oxygen atoms in total. The van der Waals surface area contributed by atoms with E-state index < -0.39 is 0 Å². The molecule has 0 spiro atoms. The van der Waals surface area contributed by atoms with Crippen LogP contribution in [0.4, 0.5) is 4.39 Å². The van der Waals surface area contributed by atoms with Crippen LogP contribution in [-0.4, -0.2) is 15.4 Å². The maximum Gasteiger partial charge on any atom is 0.139 e. The van der Waals surface area contributed by atoms with Crippen LogP contribution in [0.5, 0.6) is 0 Å². The van der Waals surface area contributed by atoms with Crippen LogP contribution in [-0.2, 0) is 13.0 Å². The summed E-state index contributed by atoms with van der Waals surface area (Å²) in [4.78, 5) is 4.61. The molecular formula is C15H17BrClFN2. The SMILES string of the molecule is Fc1cc2c(cc1Br)nc(CCCl)n2CCC1CCC1. The molecule has 3 rings (SSSR count). The van der Waals surface area contributed by atoms with Crippen LogP contribution >= 0.6 is 27.5 Å². The molecule has 0 amide bonds. The van der Waals surface area contributed by atoms with Gasteiger partial charge in [-0.3, -0.25) is 0 Å². The van der Waals surface area contributed by atoms with Crippen LogP contribution < -0.4 is 0 Å². The molecule has 0 radical (unpaired) electrons. The second-order valence-electron chi connectivity index (χ2n) is 5.46. The highest BCUT2D eigenvalue weighted by Crippen LogP contribution is 2.31. The van der Waals surface area contributed by atoms with Gasteiger partial charge in [-0.25, -0.2) is 9.37 Å². The van der Waals surface area contributed by atoms with Gasteiger partial charge in [0, 0.05) is 24.9 Å². The van der Waals surface area contributed by atoms with Crippen molar-refractivity contribution in [3.63, 3.8) is 0 Å². The van der Waals surface area contributed by atoms with Gasteiger partial charge >= 0.3 is 0 Å². The summed E-state index contributed by atoms with van der Waals surface area (Å²) in [6.45, 7) is 0.911. The second-order valence-corrected chi connectivity index (χ2v) is 6.69. The zero-order valence-electron chi connectivity index (χ0n) is 11.2. The van der Waals surface area contributed by atoms with E-state index in [1.54, 1.807) is 12.1 Å². The number of imidazole rings is 1. The Labute approximate surface area is 131 Å². The first kappa shape index (κ1) is 14.3. The second kappa shape index (κ2) is 6.02. The van der Waals surface area contributed by atoms with Crippen LogP contribution in [0, 0.1) is 11.7 Å². The normalized spacial score (nSPS) is 15.8. The molecule has 0 N–H and O–H groups in total. The monoisotopic (exact) mass is 358 g/mol. The van der Waals surface area contributed by atoms with Crippen LogP contribution in [0.25, 0.3) is 11.0 Å². The molecule has 0 unspecified atom stereocenters. The van der Waals surface area contributed by atoms with Gasteiger partial charge in [0.1, 0.15) is 11.6 Å². The number of hydrogen-bond donors (Lipinski definition) is 0. The van der Waals surface area contributed by atoms with Gasteiger partial charge in [-0.15, -0.1) is 11.6 Å². The van der Waals surface area contributed by atoms with E-state index in [4.69, 9.17) is 11.6 Å². The summed E-state index contributed by atoms with van der Waals surface area (Å²) < 4.78 is 16.4. The fraction of sp³-hybridized carbons (Fsp3) is 0.533. The maximum atomic E-state index is 13.8. The first-order chi connectivity index (χ1) is 9.69. The van der Waals surface area contributed by atoms with Gasteiger partial charge in [-0.05, 0) is 34.3 Å². The molecule has 5 heteroatoms. The molecule has 1 fully saturated rings. The molecule has 1 aromatic carbocycles. The van der Waals surface area contributed by atoms with E-state index in [0.29, 0.717) is 10.4 Å². The summed E-state index contributed by atoms with van der Waals surface area (Å²) in [7, 11) is 0. The summed E-state index contributed by atoms with van der Waals surface area (Å²) in [5.41, 5.74) is 1.72. The minimum absolute atomic E-state index is 0.236. The zero-order chi connectivity index (χ0) is 14.1. The number of fused-ring (bicyclic) bond motifs is 1. The quantitative estimate of drug-likeness (QED) is 0.694. The lowest BCUT2D eigenvalue weighted by atomic mass is 9.83. The average molecular weight is 360 g/mol. The number of aromatic nitrogens is 2. The summed E-state index contributed by atoms with van der Waals surface area (Å²) in [6.07, 6.45) is 5.89. The Balaban J connectivity index is 1.95. The lowest BCUT2D eigenvalue weighted by molar-refractivity contribution is 0.282. The predicted octanol–water partition coefficient (Wildman–Crippen LogP) is 4.91. The molecule has 1 aromatic heterocycles. The fourth-order valence-corrected chi connectivity index (χ4v) is 3.29. The summed E-state index contributed by atoms with van der Waals surface area (Å²) >= 11 is 9.08. The van der Waals surface area contributed by atoms with Crippen molar-refractivity contribution in [1.82, 2.24) is 9.55 Å². The van der Waals surface area contributed by atoms with E-state index in [2.05, 4.69) is 25.5 Å². The Hall–Kier alpha value is -0.610. The molecule has 1 heterocycles. The van der Waals surface area contributed by atoms with Crippen LogP contribution in [0.2, 0.25) is 0 Å². The Morgan fingerprint density at radius 3 is 2.85 bits per heavy atom. The standard InChI is InChI=1S/C15H17BrClFN2/c16-11-8-13-14(9-12(11)18)20(15(19-13)4-6-17)7-5-10-2-1-3-10/h8-10H,1-7H2. The minimum Gasteiger partial charge on any atom is -0.328 e. The van der Waals surface area contributed by atoms with Gasteiger partial charge in [-0.2, -0.15) is 0 Å². The van der Waals surface area contributed by atoms with Crippen LogP contribution in [0.1, 0.15) is 31.5 Å². The Kier molecular flexibility index (Phi) is 4.32. The van der Waals surface area contributed by atoms with Crippen molar-refractivity contribution in [2.24, 2.45) is 5.92 Å². The predicted molar refractivity (Wildman–Crippen MR) is 83.8 cm³/mol. The number of hydrogen-bond acceptors (Lipinski definition) is 1. The number of rotatable bonds is 5. The van der Waals surface area contributed by atoms with E-state index >= 15 is 0 Å². The van der Waals surface area contributed by atoms with E-state index in [0.717, 1.165) is 42.2 Å². The summed E-state index contributed by atoms with van der Waals surface area (Å²) in [5, 5.41) is 0. The van der Waals surface area contributed by atoms with Gasteiger partial charge < -0.3 is 4.57 Å². The molecule has 0 saturated heterocycles. The first-order valence-corrected chi connectivity index (χ1v) is 8.42. The van der Waals surface area contributed by atoms with Crippen molar-refractivity contribution in [2.75, 3.05) is 5.88 Å². The third-order valence-corrected chi connectivity index (χ3v) is 4.97. The van der Waals surface area contributed by atoms with E-state index in [1.165, 1.54) is 19.3 Å². The van der Waals surface area contributed by atoms with Crippen molar-refractivity contribution in [3.8, 4) is 0 Å². The molecule has 0 aliphatic heterocycles. The number of benzene rings is 1. The van der Waals surface area contributed by atoms with E-state index in [1.807, 2.05) is 0 Å². The molecule has 108 valence electrons. The van der Waals surface area contributed by atoms with Crippen molar-refractivity contribution < 1.29 is 4.39 Å². The van der Waals surface area contributed by atoms with Crippen LogP contribution in [0.3, 0.4) is 0 Å². The minimum atomic E-state index is -0.236. The molecule has 2 aromatic rings. The van der Waals surface area contributed by atoms with Crippen molar-refractivity contribution in [3.05, 3.63) is 28.2 Å². The molecule has 1 aliphatic carbocycles. The highest BCUT2D eigenvalue weighted by molar-refractivity contribution is 9.10. The molecule has 0 bridgehead atoms. The van der Waals surface area contributed by atoms with Crippen molar-refractivity contribution in [2.45, 2.75) is 38.6 Å². The fourth-order valence-electron chi connectivity index (χ4n) is 2.79. The Morgan fingerprint density at radius 2 is 2.20 bits per heavy atom. The molecule has 20 heavy (non-hydrogen) atoms. The van der Waals surface area contributed by atoms with Gasteiger partial charge in [-0.1, -0.05) is 19.3 Å². The molecule has 0 atom stereocenters. The molecular weight excluding hydrogens is 343 g/mol. The summed E-state index contributed by atoms with van der Waals surface area (Å²) in [5.74, 6) is 2.10. The van der Waals surface area contributed by atoms with E-state index in [9.17, 15) is 4.39 Å². The zero-order valence-corrected chi connectivity index (χ0v) is 13.6. The third-order valence-electron chi connectivity index (χ3n) is 4.17. The van der Waals surface area contributed by atoms with Gasteiger partial charge in [0.15, 0.2) is 0 Å².